The number of carbonyl (C=O) groups is 4. The van der Waals surface area contributed by atoms with Gasteiger partial charge < -0.3 is 50.1 Å². The van der Waals surface area contributed by atoms with Crippen molar-refractivity contribution in [2.24, 2.45) is 0 Å². The molecule has 5 N–H and O–H groups in total. The molecule has 4 amide bonds. The SMILES string of the molecule is C#CCC.C#CCOCCOCCNC(=O)CCC(CCC(=O)NCCOCCC)(CCC(=O)NCCOCCOCC#C)NC(=O)c1ccccc1O. The molecule has 0 aliphatic rings. The van der Waals surface area contributed by atoms with E-state index >= 15 is 0 Å². The Kier molecular flexibility index (Phi) is 31.2. The number of phenolic OH excluding ortho intramolecular Hbond substituents is 1. The molecule has 1 aromatic carbocycles. The molecular formula is C40H60N4O10. The minimum atomic E-state index is -1.17. The van der Waals surface area contributed by atoms with Crippen LogP contribution in [0.25, 0.3) is 0 Å². The van der Waals surface area contributed by atoms with E-state index in [0.29, 0.717) is 46.2 Å². The van der Waals surface area contributed by atoms with Crippen molar-refractivity contribution in [3.05, 3.63) is 29.8 Å². The number of nitrogens with one attached hydrogen (secondary N) is 4. The maximum Gasteiger partial charge on any atom is 0.255 e. The number of aromatic hydroxyl groups is 1. The maximum absolute atomic E-state index is 13.5. The number of rotatable bonds is 30. The van der Waals surface area contributed by atoms with Gasteiger partial charge in [0.15, 0.2) is 0 Å². The van der Waals surface area contributed by atoms with E-state index in [1.165, 1.54) is 12.1 Å². The topological polar surface area (TPSA) is 183 Å². The number of benzene rings is 1. The third-order valence-corrected chi connectivity index (χ3v) is 7.39. The monoisotopic (exact) mass is 756 g/mol. The Morgan fingerprint density at radius 1 is 0.630 bits per heavy atom. The Balaban J connectivity index is 0.00000666. The van der Waals surface area contributed by atoms with Crippen LogP contribution in [0.3, 0.4) is 0 Å². The second-order valence-electron chi connectivity index (χ2n) is 11.7. The number of hydrogen-bond acceptors (Lipinski definition) is 10. The number of phenols is 1. The molecule has 0 saturated heterocycles. The Bertz CT molecular complexity index is 1270. The Hall–Kier alpha value is -4.62. The first-order valence-electron chi connectivity index (χ1n) is 18.3. The first kappa shape index (κ1) is 49.4. The summed E-state index contributed by atoms with van der Waals surface area (Å²) in [6.07, 6.45) is 17.1. The van der Waals surface area contributed by atoms with Crippen molar-refractivity contribution in [2.75, 3.05) is 85.7 Å². The van der Waals surface area contributed by atoms with E-state index in [1.54, 1.807) is 12.1 Å². The molecule has 0 aliphatic heterocycles. The number of ether oxygens (including phenoxy) is 5. The highest BCUT2D eigenvalue weighted by Gasteiger charge is 2.34. The fourth-order valence-corrected chi connectivity index (χ4v) is 4.60. The zero-order chi connectivity index (χ0) is 40.1. The van der Waals surface area contributed by atoms with Crippen LogP contribution in [0.5, 0.6) is 5.75 Å². The lowest BCUT2D eigenvalue weighted by Gasteiger charge is -2.35. The zero-order valence-corrected chi connectivity index (χ0v) is 32.0. The highest BCUT2D eigenvalue weighted by atomic mass is 16.5. The highest BCUT2D eigenvalue weighted by Crippen LogP contribution is 2.28. The molecule has 1 aromatic rings. The molecule has 300 valence electrons. The first-order chi connectivity index (χ1) is 26.2. The van der Waals surface area contributed by atoms with Crippen LogP contribution in [0.15, 0.2) is 24.3 Å². The summed E-state index contributed by atoms with van der Waals surface area (Å²) in [4.78, 5) is 52.1. The summed E-state index contributed by atoms with van der Waals surface area (Å²) < 4.78 is 26.6. The van der Waals surface area contributed by atoms with E-state index < -0.39 is 11.4 Å². The molecule has 0 heterocycles. The molecule has 0 bridgehead atoms. The fraction of sp³-hybridized carbons (Fsp3) is 0.600. The molecule has 1 rings (SSSR count). The molecular weight excluding hydrogens is 696 g/mol. The van der Waals surface area contributed by atoms with Gasteiger partial charge in [-0.25, -0.2) is 0 Å². The van der Waals surface area contributed by atoms with E-state index in [-0.39, 0.29) is 107 Å². The smallest absolute Gasteiger partial charge is 0.255 e. The van der Waals surface area contributed by atoms with Gasteiger partial charge in [0.05, 0.1) is 51.8 Å². The van der Waals surface area contributed by atoms with Crippen molar-refractivity contribution in [1.29, 1.82) is 0 Å². The normalized spacial score (nSPS) is 10.4. The lowest BCUT2D eigenvalue weighted by molar-refractivity contribution is -0.121. The summed E-state index contributed by atoms with van der Waals surface area (Å²) in [5.74, 6) is 5.46. The summed E-state index contributed by atoms with van der Waals surface area (Å²) >= 11 is 0. The fourth-order valence-electron chi connectivity index (χ4n) is 4.60. The Labute approximate surface area is 321 Å². The van der Waals surface area contributed by atoms with E-state index in [2.05, 4.69) is 39.0 Å². The standard InChI is InChI=1S/C36H54N4O10.C4H6/c1-4-20-46-23-17-37-32(42)11-14-36(40-35(45)30-9-7-8-10-31(30)41,15-12-33(43)38-18-24-49-28-26-47-21-5-2)16-13-34(44)39-19-25-50-29-27-48-22-6-3;1-3-4-2/h2-3,7-10,41H,4,11-29H2,1H3,(H,37,42)(H,38,43)(H,39,44)(H,40,45);1H,4H2,2H3. The van der Waals surface area contributed by atoms with Crippen LogP contribution >= 0.6 is 0 Å². The zero-order valence-electron chi connectivity index (χ0n) is 32.0. The van der Waals surface area contributed by atoms with Crippen LogP contribution in [0.1, 0.15) is 75.6 Å². The molecule has 0 spiro atoms. The van der Waals surface area contributed by atoms with Crippen LogP contribution in [-0.2, 0) is 38.1 Å². The van der Waals surface area contributed by atoms with E-state index in [9.17, 15) is 24.3 Å². The number of para-hydroxylation sites is 1. The van der Waals surface area contributed by atoms with Gasteiger partial charge in [-0.1, -0.05) is 37.8 Å². The molecule has 0 saturated carbocycles. The van der Waals surface area contributed by atoms with Gasteiger partial charge in [0.1, 0.15) is 19.0 Å². The van der Waals surface area contributed by atoms with Gasteiger partial charge >= 0.3 is 0 Å². The van der Waals surface area contributed by atoms with Crippen molar-refractivity contribution < 1.29 is 48.0 Å². The van der Waals surface area contributed by atoms with Gasteiger partial charge in [-0.15, -0.1) is 25.2 Å². The molecule has 54 heavy (non-hydrogen) atoms. The quantitative estimate of drug-likeness (QED) is 0.0578. The third-order valence-electron chi connectivity index (χ3n) is 7.39. The summed E-state index contributed by atoms with van der Waals surface area (Å²) in [5, 5.41) is 21.7. The summed E-state index contributed by atoms with van der Waals surface area (Å²) in [5.41, 5.74) is -1.14. The molecule has 0 aromatic heterocycles. The largest absolute Gasteiger partial charge is 0.507 e. The van der Waals surface area contributed by atoms with Crippen molar-refractivity contribution in [3.8, 4) is 42.8 Å². The average Bonchev–Trinajstić information content (AvgIpc) is 3.17. The van der Waals surface area contributed by atoms with Gasteiger partial charge in [-0.2, -0.15) is 0 Å². The molecule has 14 heteroatoms. The molecule has 0 unspecified atom stereocenters. The molecule has 0 aliphatic carbocycles. The van der Waals surface area contributed by atoms with Crippen molar-refractivity contribution >= 4 is 23.6 Å². The number of hydrogen-bond donors (Lipinski definition) is 5. The number of amides is 4. The molecule has 0 radical (unpaired) electrons. The molecule has 0 fully saturated rings. The minimum absolute atomic E-state index is 0.00322. The van der Waals surface area contributed by atoms with Gasteiger partial charge in [0.25, 0.3) is 5.91 Å². The second kappa shape index (κ2) is 34.2. The molecule has 0 atom stereocenters. The lowest BCUT2D eigenvalue weighted by Crippen LogP contribution is -2.50. The summed E-state index contributed by atoms with van der Waals surface area (Å²) in [6, 6.07) is 6.05. The van der Waals surface area contributed by atoms with Gasteiger partial charge in [0.2, 0.25) is 17.7 Å². The van der Waals surface area contributed by atoms with Crippen molar-refractivity contribution in [3.63, 3.8) is 0 Å². The Morgan fingerprint density at radius 2 is 1.04 bits per heavy atom. The van der Waals surface area contributed by atoms with Crippen molar-refractivity contribution in [2.45, 2.75) is 70.8 Å². The van der Waals surface area contributed by atoms with Crippen LogP contribution < -0.4 is 21.3 Å². The van der Waals surface area contributed by atoms with Crippen LogP contribution in [-0.4, -0.2) is 120 Å². The van der Waals surface area contributed by atoms with Crippen LogP contribution in [0.2, 0.25) is 0 Å². The van der Waals surface area contributed by atoms with Gasteiger partial charge in [-0.3, -0.25) is 19.2 Å². The van der Waals surface area contributed by atoms with E-state index in [0.717, 1.165) is 12.8 Å². The number of carbonyl (C=O) groups excluding carboxylic acids is 4. The molecule has 14 nitrogen and oxygen atoms in total. The van der Waals surface area contributed by atoms with Gasteiger partial charge in [0, 0.05) is 57.5 Å². The van der Waals surface area contributed by atoms with E-state index in [4.69, 9.17) is 43.0 Å². The third kappa shape index (κ3) is 27.1. The lowest BCUT2D eigenvalue weighted by atomic mass is 9.82. The highest BCUT2D eigenvalue weighted by molar-refractivity contribution is 5.97. The number of terminal acetylenes is 3. The minimum Gasteiger partial charge on any atom is -0.507 e. The first-order valence-corrected chi connectivity index (χ1v) is 18.3. The average molecular weight is 757 g/mol. The van der Waals surface area contributed by atoms with Gasteiger partial charge in [-0.05, 0) is 37.8 Å². The van der Waals surface area contributed by atoms with Crippen LogP contribution in [0.4, 0.5) is 0 Å². The summed E-state index contributed by atoms with van der Waals surface area (Å²) in [6.45, 7) is 7.88. The van der Waals surface area contributed by atoms with Crippen molar-refractivity contribution in [1.82, 2.24) is 21.3 Å². The maximum atomic E-state index is 13.5. The van der Waals surface area contributed by atoms with E-state index in [1.807, 2.05) is 13.8 Å². The summed E-state index contributed by atoms with van der Waals surface area (Å²) in [7, 11) is 0. The predicted octanol–water partition coefficient (Wildman–Crippen LogP) is 2.34. The predicted molar refractivity (Wildman–Crippen MR) is 206 cm³/mol. The van der Waals surface area contributed by atoms with Crippen LogP contribution in [0, 0.1) is 37.0 Å². The second-order valence-corrected chi connectivity index (χ2v) is 11.7. The Morgan fingerprint density at radius 3 is 1.43 bits per heavy atom.